The maximum Gasteiger partial charge on any atom is 0.127 e. The smallest absolute Gasteiger partial charge is 0.127 e. The van der Waals surface area contributed by atoms with Gasteiger partial charge in [0.25, 0.3) is 0 Å². The van der Waals surface area contributed by atoms with Gasteiger partial charge in [-0.15, -0.1) is 0 Å². The Bertz CT molecular complexity index is 578. The molecule has 2 rings (SSSR count). The molecule has 0 amide bonds. The van der Waals surface area contributed by atoms with Gasteiger partial charge in [0.1, 0.15) is 5.82 Å². The number of alkyl halides is 1. The average Bonchev–Trinajstić information content (AvgIpc) is 2.37. The van der Waals surface area contributed by atoms with Gasteiger partial charge < -0.3 is 0 Å². The second-order valence-corrected chi connectivity index (χ2v) is 6.30. The zero-order valence-electron chi connectivity index (χ0n) is 10.3. The molecule has 0 saturated carbocycles. The van der Waals surface area contributed by atoms with Crippen molar-refractivity contribution in [1.29, 1.82) is 0 Å². The molecule has 0 spiro atoms. The maximum absolute atomic E-state index is 13.7. The van der Waals surface area contributed by atoms with Crippen LogP contribution in [0, 0.1) is 12.7 Å². The fraction of sp³-hybridized carbons (Fsp3) is 0.200. The van der Waals surface area contributed by atoms with Crippen molar-refractivity contribution in [3.8, 4) is 0 Å². The van der Waals surface area contributed by atoms with Crippen molar-refractivity contribution in [2.45, 2.75) is 18.2 Å². The molecule has 0 bridgehead atoms. The monoisotopic (exact) mass is 360 g/mol. The molecule has 4 heteroatoms. The van der Waals surface area contributed by atoms with Crippen LogP contribution in [0.15, 0.2) is 36.4 Å². The van der Waals surface area contributed by atoms with Crippen molar-refractivity contribution in [3.63, 3.8) is 0 Å². The number of benzene rings is 2. The molecule has 0 radical (unpaired) electrons. The zero-order valence-corrected chi connectivity index (χ0v) is 13.4. The summed E-state index contributed by atoms with van der Waals surface area (Å²) in [6, 6.07) is 10.5. The fourth-order valence-electron chi connectivity index (χ4n) is 1.83. The van der Waals surface area contributed by atoms with Gasteiger partial charge in [0.15, 0.2) is 0 Å². The molecule has 1 atom stereocenters. The fourth-order valence-corrected chi connectivity index (χ4v) is 2.87. The normalized spacial score (nSPS) is 12.5. The summed E-state index contributed by atoms with van der Waals surface area (Å²) in [6.07, 6.45) is 0.477. The van der Waals surface area contributed by atoms with Crippen molar-refractivity contribution in [2.75, 3.05) is 0 Å². The van der Waals surface area contributed by atoms with Crippen LogP contribution in [0.2, 0.25) is 10.0 Å². The Hall–Kier alpha value is -0.570. The summed E-state index contributed by atoms with van der Waals surface area (Å²) >= 11 is 15.7. The van der Waals surface area contributed by atoms with Gasteiger partial charge >= 0.3 is 0 Å². The van der Waals surface area contributed by atoms with E-state index >= 15 is 0 Å². The second-order valence-electron chi connectivity index (χ2n) is 4.38. The minimum Gasteiger partial charge on any atom is -0.207 e. The van der Waals surface area contributed by atoms with Crippen LogP contribution in [-0.2, 0) is 6.42 Å². The van der Waals surface area contributed by atoms with E-state index in [1.807, 2.05) is 25.1 Å². The van der Waals surface area contributed by atoms with E-state index in [4.69, 9.17) is 23.2 Å². The second kappa shape index (κ2) is 6.25. The Labute approximate surface area is 130 Å². The van der Waals surface area contributed by atoms with Crippen LogP contribution in [0.5, 0.6) is 0 Å². The standard InChI is InChI=1S/C15H12BrCl2F/c1-9-5-6-10(7-14(9)18)12(16)8-11-13(17)3-2-4-15(11)19/h2-7,12H,8H2,1H3. The van der Waals surface area contributed by atoms with Crippen LogP contribution in [-0.4, -0.2) is 0 Å². The summed E-state index contributed by atoms with van der Waals surface area (Å²) in [7, 11) is 0. The van der Waals surface area contributed by atoms with Crippen molar-refractivity contribution in [1.82, 2.24) is 0 Å². The lowest BCUT2D eigenvalue weighted by molar-refractivity contribution is 0.608. The lowest BCUT2D eigenvalue weighted by Crippen LogP contribution is -1.99. The number of hydrogen-bond donors (Lipinski definition) is 0. The molecule has 2 aromatic carbocycles. The van der Waals surface area contributed by atoms with Gasteiger partial charge in [-0.1, -0.05) is 57.3 Å². The van der Waals surface area contributed by atoms with Crippen molar-refractivity contribution in [3.05, 3.63) is 69.0 Å². The third kappa shape index (κ3) is 3.50. The summed E-state index contributed by atoms with van der Waals surface area (Å²) in [5.41, 5.74) is 2.55. The topological polar surface area (TPSA) is 0 Å². The molecule has 19 heavy (non-hydrogen) atoms. The van der Waals surface area contributed by atoms with Gasteiger partial charge in [0.2, 0.25) is 0 Å². The molecule has 0 aliphatic rings. The van der Waals surface area contributed by atoms with E-state index in [1.165, 1.54) is 6.07 Å². The van der Waals surface area contributed by atoms with E-state index in [-0.39, 0.29) is 10.6 Å². The minimum atomic E-state index is -0.282. The van der Waals surface area contributed by atoms with Gasteiger partial charge in [0.05, 0.1) is 0 Å². The lowest BCUT2D eigenvalue weighted by Gasteiger charge is -2.13. The molecule has 0 heterocycles. The third-order valence-electron chi connectivity index (χ3n) is 3.00. The Kier molecular flexibility index (Phi) is 4.88. The van der Waals surface area contributed by atoms with Gasteiger partial charge in [0, 0.05) is 20.4 Å². The average molecular weight is 362 g/mol. The number of rotatable bonds is 3. The molecule has 0 saturated heterocycles. The first-order valence-corrected chi connectivity index (χ1v) is 7.49. The molecule has 100 valence electrons. The molecule has 0 N–H and O–H groups in total. The highest BCUT2D eigenvalue weighted by Gasteiger charge is 2.15. The molecule has 0 aliphatic carbocycles. The van der Waals surface area contributed by atoms with E-state index < -0.39 is 0 Å². The van der Waals surface area contributed by atoms with Gasteiger partial charge in [-0.25, -0.2) is 4.39 Å². The summed E-state index contributed by atoms with van der Waals surface area (Å²) < 4.78 is 13.7. The zero-order chi connectivity index (χ0) is 14.0. The molecule has 0 aromatic heterocycles. The maximum atomic E-state index is 13.7. The third-order valence-corrected chi connectivity index (χ3v) is 4.62. The first-order chi connectivity index (χ1) is 8.99. The van der Waals surface area contributed by atoms with E-state index in [1.54, 1.807) is 12.1 Å². The van der Waals surface area contributed by atoms with Crippen molar-refractivity contribution >= 4 is 39.1 Å². The Morgan fingerprint density at radius 1 is 1.16 bits per heavy atom. The first kappa shape index (κ1) is 14.8. The van der Waals surface area contributed by atoms with E-state index in [0.717, 1.165) is 11.1 Å². The van der Waals surface area contributed by atoms with Crippen LogP contribution in [0.3, 0.4) is 0 Å². The summed E-state index contributed by atoms with van der Waals surface area (Å²) in [5.74, 6) is -0.282. The predicted octanol–water partition coefficient (Wildman–Crippen LogP) is 6.12. The van der Waals surface area contributed by atoms with Crippen LogP contribution in [0.25, 0.3) is 0 Å². The van der Waals surface area contributed by atoms with E-state index in [0.29, 0.717) is 22.0 Å². The van der Waals surface area contributed by atoms with Crippen molar-refractivity contribution in [2.24, 2.45) is 0 Å². The lowest BCUT2D eigenvalue weighted by atomic mass is 10.0. The van der Waals surface area contributed by atoms with Gasteiger partial charge in [-0.3, -0.25) is 0 Å². The largest absolute Gasteiger partial charge is 0.207 e. The molecular formula is C15H12BrCl2F. The molecule has 0 nitrogen and oxygen atoms in total. The van der Waals surface area contributed by atoms with Gasteiger partial charge in [-0.2, -0.15) is 0 Å². The number of halogens is 4. The Morgan fingerprint density at radius 3 is 2.53 bits per heavy atom. The first-order valence-electron chi connectivity index (χ1n) is 5.82. The number of aryl methyl sites for hydroxylation is 1. The Balaban J connectivity index is 2.25. The Morgan fingerprint density at radius 2 is 1.89 bits per heavy atom. The van der Waals surface area contributed by atoms with Crippen LogP contribution in [0.1, 0.15) is 21.5 Å². The van der Waals surface area contributed by atoms with Crippen LogP contribution < -0.4 is 0 Å². The van der Waals surface area contributed by atoms with Crippen molar-refractivity contribution < 1.29 is 4.39 Å². The highest BCUT2D eigenvalue weighted by molar-refractivity contribution is 9.09. The molecule has 0 aliphatic heterocycles. The summed E-state index contributed by atoms with van der Waals surface area (Å²) in [4.78, 5) is -0.0278. The van der Waals surface area contributed by atoms with Gasteiger partial charge in [-0.05, 0) is 42.7 Å². The number of hydrogen-bond acceptors (Lipinski definition) is 0. The quantitative estimate of drug-likeness (QED) is 0.577. The van der Waals surface area contributed by atoms with Crippen LogP contribution in [0.4, 0.5) is 4.39 Å². The molecule has 1 unspecified atom stereocenters. The molecular weight excluding hydrogens is 350 g/mol. The molecule has 0 fully saturated rings. The minimum absolute atomic E-state index is 0.0278. The molecule has 2 aromatic rings. The summed E-state index contributed by atoms with van der Waals surface area (Å²) in [6.45, 7) is 1.95. The van der Waals surface area contributed by atoms with Crippen LogP contribution >= 0.6 is 39.1 Å². The summed E-state index contributed by atoms with van der Waals surface area (Å²) in [5, 5.41) is 1.16. The van der Waals surface area contributed by atoms with E-state index in [9.17, 15) is 4.39 Å². The predicted molar refractivity (Wildman–Crippen MR) is 83.0 cm³/mol. The van der Waals surface area contributed by atoms with E-state index in [2.05, 4.69) is 15.9 Å². The highest BCUT2D eigenvalue weighted by atomic mass is 79.9. The SMILES string of the molecule is Cc1ccc(C(Br)Cc2c(F)cccc2Cl)cc1Cl. The highest BCUT2D eigenvalue weighted by Crippen LogP contribution is 2.32.